The number of hydrogen-bond donors (Lipinski definition) is 2. The van der Waals surface area contributed by atoms with Crippen molar-refractivity contribution in [1.29, 1.82) is 0 Å². The Balaban J connectivity index is 1.30. The highest BCUT2D eigenvalue weighted by Crippen LogP contribution is 2.31. The van der Waals surface area contributed by atoms with E-state index in [4.69, 9.17) is 0 Å². The number of pyridine rings is 1. The average molecular weight is 446 g/mol. The van der Waals surface area contributed by atoms with Crippen molar-refractivity contribution in [2.75, 3.05) is 18.4 Å². The number of alkyl halides is 3. The molecule has 9 heteroatoms. The number of likely N-dealkylation sites (tertiary alicyclic amines) is 1. The number of amides is 2. The fourth-order valence-electron chi connectivity index (χ4n) is 4.34. The Morgan fingerprint density at radius 3 is 2.47 bits per heavy atom. The number of nitrogens with zero attached hydrogens (tertiary/aromatic N) is 2. The van der Waals surface area contributed by atoms with Crippen LogP contribution in [-0.4, -0.2) is 46.9 Å². The summed E-state index contributed by atoms with van der Waals surface area (Å²) in [6, 6.07) is 8.24. The van der Waals surface area contributed by atoms with E-state index < -0.39 is 17.6 Å². The molecule has 4 rings (SSSR count). The van der Waals surface area contributed by atoms with Gasteiger partial charge in [-0.05, 0) is 49.6 Å². The van der Waals surface area contributed by atoms with Gasteiger partial charge in [0, 0.05) is 37.1 Å². The van der Waals surface area contributed by atoms with Crippen molar-refractivity contribution in [2.24, 2.45) is 0 Å². The van der Waals surface area contributed by atoms with Crippen LogP contribution in [0.4, 0.5) is 18.9 Å². The Morgan fingerprint density at radius 1 is 1.06 bits per heavy atom. The SMILES string of the molecule is O=C(NCC1CCN1C1CCCC1)c1ccc(C(=O)Nc2cccc(C(F)(F)F)c2)nc1. The molecule has 0 radical (unpaired) electrons. The Labute approximate surface area is 184 Å². The molecule has 1 aliphatic heterocycles. The first-order valence-corrected chi connectivity index (χ1v) is 10.8. The average Bonchev–Trinajstić information content (AvgIpc) is 3.26. The number of hydrogen-bond acceptors (Lipinski definition) is 4. The fourth-order valence-corrected chi connectivity index (χ4v) is 4.34. The summed E-state index contributed by atoms with van der Waals surface area (Å²) in [6.45, 7) is 1.66. The molecule has 2 fully saturated rings. The molecule has 1 atom stereocenters. The number of aromatic nitrogens is 1. The lowest BCUT2D eigenvalue weighted by atomic mass is 9.98. The molecule has 32 heavy (non-hydrogen) atoms. The van der Waals surface area contributed by atoms with Gasteiger partial charge in [0.05, 0.1) is 11.1 Å². The maximum Gasteiger partial charge on any atom is 0.416 e. The molecule has 1 saturated heterocycles. The number of halogens is 3. The standard InChI is InChI=1S/C23H25F3N4O2/c24-23(25,26)16-4-3-5-17(12-16)29-22(32)20-9-8-15(13-27-20)21(31)28-14-19-10-11-30(19)18-6-1-2-7-18/h3-5,8-9,12-13,18-19H,1-2,6-7,10-11,14H2,(H,28,31)(H,29,32). The summed E-state index contributed by atoms with van der Waals surface area (Å²) in [5.74, 6) is -0.918. The highest BCUT2D eigenvalue weighted by atomic mass is 19.4. The topological polar surface area (TPSA) is 74.3 Å². The third-order valence-corrected chi connectivity index (χ3v) is 6.19. The molecule has 1 saturated carbocycles. The normalized spacial score (nSPS) is 19.4. The van der Waals surface area contributed by atoms with E-state index in [9.17, 15) is 22.8 Å². The molecule has 6 nitrogen and oxygen atoms in total. The highest BCUT2D eigenvalue weighted by Gasteiger charge is 2.35. The van der Waals surface area contributed by atoms with E-state index in [0.29, 0.717) is 24.2 Å². The van der Waals surface area contributed by atoms with Gasteiger partial charge in [-0.3, -0.25) is 19.5 Å². The number of carbonyl (C=O) groups is 2. The number of benzene rings is 1. The van der Waals surface area contributed by atoms with E-state index in [1.54, 1.807) is 0 Å². The van der Waals surface area contributed by atoms with Gasteiger partial charge in [0.15, 0.2) is 0 Å². The third-order valence-electron chi connectivity index (χ3n) is 6.19. The molecular formula is C23H25F3N4O2. The van der Waals surface area contributed by atoms with Crippen molar-refractivity contribution < 1.29 is 22.8 Å². The van der Waals surface area contributed by atoms with Crippen LogP contribution in [0.25, 0.3) is 0 Å². The second-order valence-electron chi connectivity index (χ2n) is 8.29. The zero-order valence-corrected chi connectivity index (χ0v) is 17.5. The summed E-state index contributed by atoms with van der Waals surface area (Å²) in [7, 11) is 0. The van der Waals surface area contributed by atoms with Crippen molar-refractivity contribution in [3.8, 4) is 0 Å². The van der Waals surface area contributed by atoms with Crippen LogP contribution in [0.2, 0.25) is 0 Å². The van der Waals surface area contributed by atoms with E-state index in [1.165, 1.54) is 56.1 Å². The molecular weight excluding hydrogens is 421 g/mol. The van der Waals surface area contributed by atoms with Crippen LogP contribution in [0.1, 0.15) is 58.5 Å². The smallest absolute Gasteiger partial charge is 0.350 e. The molecule has 2 aliphatic rings. The number of carbonyl (C=O) groups excluding carboxylic acids is 2. The minimum Gasteiger partial charge on any atom is -0.350 e. The molecule has 1 aromatic heterocycles. The molecule has 170 valence electrons. The summed E-state index contributed by atoms with van der Waals surface area (Å²) in [4.78, 5) is 31.2. The van der Waals surface area contributed by atoms with Gasteiger partial charge in [-0.25, -0.2) is 0 Å². The van der Waals surface area contributed by atoms with E-state index in [1.807, 2.05) is 0 Å². The van der Waals surface area contributed by atoms with Crippen LogP contribution in [-0.2, 0) is 6.18 Å². The van der Waals surface area contributed by atoms with Gasteiger partial charge < -0.3 is 10.6 Å². The highest BCUT2D eigenvalue weighted by molar-refractivity contribution is 6.03. The first kappa shape index (κ1) is 22.3. The second-order valence-corrected chi connectivity index (χ2v) is 8.29. The van der Waals surface area contributed by atoms with Crippen LogP contribution in [0.3, 0.4) is 0 Å². The van der Waals surface area contributed by atoms with Crippen molar-refractivity contribution in [1.82, 2.24) is 15.2 Å². The molecule has 1 aromatic carbocycles. The minimum absolute atomic E-state index is 0.00497. The van der Waals surface area contributed by atoms with E-state index >= 15 is 0 Å². The summed E-state index contributed by atoms with van der Waals surface area (Å²) in [6.07, 6.45) is 2.90. The van der Waals surface area contributed by atoms with Gasteiger partial charge in [-0.15, -0.1) is 0 Å². The molecule has 2 N–H and O–H groups in total. The van der Waals surface area contributed by atoms with E-state index in [0.717, 1.165) is 25.1 Å². The molecule has 1 aliphatic carbocycles. The number of rotatable bonds is 6. The zero-order chi connectivity index (χ0) is 22.7. The zero-order valence-electron chi connectivity index (χ0n) is 17.5. The number of nitrogens with one attached hydrogen (secondary N) is 2. The monoisotopic (exact) mass is 446 g/mol. The van der Waals surface area contributed by atoms with Crippen LogP contribution in [0.5, 0.6) is 0 Å². The Kier molecular flexibility index (Phi) is 6.45. The maximum absolute atomic E-state index is 12.8. The fraction of sp³-hybridized carbons (Fsp3) is 0.435. The van der Waals surface area contributed by atoms with Crippen LogP contribution in [0, 0.1) is 0 Å². The van der Waals surface area contributed by atoms with Gasteiger partial charge in [0.25, 0.3) is 11.8 Å². The van der Waals surface area contributed by atoms with Gasteiger partial charge in [-0.2, -0.15) is 13.2 Å². The lowest BCUT2D eigenvalue weighted by Gasteiger charge is -2.45. The molecule has 2 heterocycles. The molecule has 0 spiro atoms. The summed E-state index contributed by atoms with van der Waals surface area (Å²) in [5, 5.41) is 5.33. The first-order chi connectivity index (χ1) is 15.3. The summed E-state index contributed by atoms with van der Waals surface area (Å²) >= 11 is 0. The maximum atomic E-state index is 12.8. The Hall–Kier alpha value is -2.94. The van der Waals surface area contributed by atoms with Crippen molar-refractivity contribution in [3.63, 3.8) is 0 Å². The lowest BCUT2D eigenvalue weighted by molar-refractivity contribution is -0.137. The van der Waals surface area contributed by atoms with E-state index in [2.05, 4.69) is 20.5 Å². The van der Waals surface area contributed by atoms with Crippen LogP contribution < -0.4 is 10.6 Å². The first-order valence-electron chi connectivity index (χ1n) is 10.8. The van der Waals surface area contributed by atoms with Crippen molar-refractivity contribution >= 4 is 17.5 Å². The molecule has 0 bridgehead atoms. The van der Waals surface area contributed by atoms with Gasteiger partial charge in [-0.1, -0.05) is 18.9 Å². The van der Waals surface area contributed by atoms with Gasteiger partial charge >= 0.3 is 6.18 Å². The largest absolute Gasteiger partial charge is 0.416 e. The summed E-state index contributed by atoms with van der Waals surface area (Å²) in [5.41, 5.74) is -0.508. The Morgan fingerprint density at radius 2 is 1.84 bits per heavy atom. The van der Waals surface area contributed by atoms with E-state index in [-0.39, 0.29) is 17.3 Å². The third kappa shape index (κ3) is 5.09. The van der Waals surface area contributed by atoms with Crippen LogP contribution >= 0.6 is 0 Å². The molecule has 2 aromatic rings. The van der Waals surface area contributed by atoms with Crippen LogP contribution in [0.15, 0.2) is 42.6 Å². The summed E-state index contributed by atoms with van der Waals surface area (Å²) < 4.78 is 38.5. The van der Waals surface area contributed by atoms with Crippen molar-refractivity contribution in [2.45, 2.75) is 50.4 Å². The predicted molar refractivity (Wildman–Crippen MR) is 113 cm³/mol. The lowest BCUT2D eigenvalue weighted by Crippen LogP contribution is -2.56. The minimum atomic E-state index is -4.50. The molecule has 1 unspecified atom stereocenters. The van der Waals surface area contributed by atoms with Gasteiger partial charge in [0.1, 0.15) is 5.69 Å². The van der Waals surface area contributed by atoms with Crippen molar-refractivity contribution in [3.05, 3.63) is 59.4 Å². The quantitative estimate of drug-likeness (QED) is 0.701. The predicted octanol–water partition coefficient (Wildman–Crippen LogP) is 4.10. The molecule has 2 amide bonds. The second kappa shape index (κ2) is 9.28. The number of anilines is 1. The Bertz CT molecular complexity index is 972. The van der Waals surface area contributed by atoms with Gasteiger partial charge in [0.2, 0.25) is 0 Å².